The van der Waals surface area contributed by atoms with E-state index in [-0.39, 0.29) is 46.8 Å². The van der Waals surface area contributed by atoms with Crippen molar-refractivity contribution in [1.29, 1.82) is 0 Å². The lowest BCUT2D eigenvalue weighted by Crippen LogP contribution is -2.67. The van der Waals surface area contributed by atoms with Crippen molar-refractivity contribution in [2.45, 2.75) is 109 Å². The van der Waals surface area contributed by atoms with Crippen LogP contribution in [0.1, 0.15) is 85.5 Å². The molecule has 6 nitrogen and oxygen atoms in total. The molecule has 4 aliphatic rings. The summed E-state index contributed by atoms with van der Waals surface area (Å²) in [5.74, 6) is -4.67. The zero-order valence-electron chi connectivity index (χ0n) is 24.7. The lowest BCUT2D eigenvalue weighted by atomic mass is 9.40. The smallest absolute Gasteiger partial charge is 0.277 e. The Balaban J connectivity index is 1.30. The third kappa shape index (κ3) is 4.95. The number of hydrogen-bond donors (Lipinski definition) is 3. The first-order valence-corrected chi connectivity index (χ1v) is 17.0. The molecule has 1 aromatic rings. The van der Waals surface area contributed by atoms with Gasteiger partial charge in [-0.05, 0) is 103 Å². The van der Waals surface area contributed by atoms with E-state index in [9.17, 15) is 23.4 Å². The van der Waals surface area contributed by atoms with Crippen molar-refractivity contribution in [2.24, 2.45) is 52.3 Å². The summed E-state index contributed by atoms with van der Waals surface area (Å²) in [5.41, 5.74) is -0.701. The van der Waals surface area contributed by atoms with E-state index >= 15 is 8.78 Å². The highest BCUT2D eigenvalue weighted by molar-refractivity contribution is 7.90. The van der Waals surface area contributed by atoms with Crippen molar-refractivity contribution < 1.29 is 32.2 Å². The van der Waals surface area contributed by atoms with Crippen LogP contribution >= 0.6 is 0 Å². The van der Waals surface area contributed by atoms with E-state index in [4.69, 9.17) is 0 Å². The first-order chi connectivity index (χ1) is 19.2. The molecule has 41 heavy (non-hydrogen) atoms. The van der Waals surface area contributed by atoms with Gasteiger partial charge in [-0.2, -0.15) is 0 Å². The number of rotatable bonds is 7. The number of carbonyl (C=O) groups is 1. The van der Waals surface area contributed by atoms with Crippen molar-refractivity contribution >= 4 is 15.9 Å². The quantitative estimate of drug-likeness (QED) is 0.371. The van der Waals surface area contributed by atoms with Gasteiger partial charge in [-0.1, -0.05) is 52.3 Å². The lowest BCUT2D eigenvalue weighted by molar-refractivity contribution is -0.286. The average molecular weight is 596 g/mol. The number of aliphatic hydroxyl groups is 2. The van der Waals surface area contributed by atoms with Crippen LogP contribution in [0.5, 0.6) is 0 Å². The van der Waals surface area contributed by atoms with Gasteiger partial charge >= 0.3 is 0 Å². The standard InChI is InChI=1S/C32H47F2NO5S/c1-5-21-28(38)27-23-13-12-22(19(2)11-14-26(37)35-41(39,40)20-9-7-6-8-10-20)30(23,3)17-15-24(27)31(4)18-16-25(36)32(33,34)29(21)31/h6-10,19,21-25,27-29,36,38H,5,11-18H2,1-4H3,(H,35,37)/t19-,21+,22-,23+,24+,25-,27+,28-,29+,30-,31-/m1/s1. The average Bonchev–Trinajstić information content (AvgIpc) is 3.28. The van der Waals surface area contributed by atoms with Crippen LogP contribution in [0, 0.1) is 52.3 Å². The van der Waals surface area contributed by atoms with E-state index < -0.39 is 51.3 Å². The third-order valence-corrected chi connectivity index (χ3v) is 13.7. The predicted molar refractivity (Wildman–Crippen MR) is 152 cm³/mol. The summed E-state index contributed by atoms with van der Waals surface area (Å²) in [6.07, 6.45) is 2.85. The van der Waals surface area contributed by atoms with E-state index in [0.29, 0.717) is 25.2 Å². The van der Waals surface area contributed by atoms with Crippen LogP contribution in [0.25, 0.3) is 0 Å². The molecule has 0 bridgehead atoms. The molecule has 0 unspecified atom stereocenters. The molecule has 0 aromatic heterocycles. The van der Waals surface area contributed by atoms with E-state index in [2.05, 4.69) is 18.6 Å². The summed E-state index contributed by atoms with van der Waals surface area (Å²) >= 11 is 0. The van der Waals surface area contributed by atoms with E-state index in [0.717, 1.165) is 25.7 Å². The molecule has 4 saturated carbocycles. The van der Waals surface area contributed by atoms with Crippen molar-refractivity contribution in [1.82, 2.24) is 4.72 Å². The van der Waals surface area contributed by atoms with Crippen LogP contribution < -0.4 is 4.72 Å². The van der Waals surface area contributed by atoms with Gasteiger partial charge in [0.1, 0.15) is 6.10 Å². The fourth-order valence-electron chi connectivity index (χ4n) is 10.4. The molecule has 0 radical (unpaired) electrons. The SMILES string of the molecule is CC[C@H]1[C@@H](O)[C@@H]2[C@H](CC[C@]3(C)[C@@H]([C@H](C)CCC(=O)NS(=O)(=O)c4ccccc4)CC[C@@H]23)[C@@]2(C)CC[C@@H](O)C(F)(F)[C@@H]12. The molecule has 4 fully saturated rings. The number of aliphatic hydroxyl groups excluding tert-OH is 2. The number of alkyl halides is 2. The van der Waals surface area contributed by atoms with Gasteiger partial charge in [0, 0.05) is 12.3 Å². The van der Waals surface area contributed by atoms with Crippen LogP contribution in [0.4, 0.5) is 8.78 Å². The fourth-order valence-corrected chi connectivity index (χ4v) is 11.5. The number of sulfonamides is 1. The number of halogens is 2. The Morgan fingerprint density at radius 3 is 2.32 bits per heavy atom. The molecule has 3 N–H and O–H groups in total. The Labute approximate surface area is 243 Å². The Bertz CT molecular complexity index is 1230. The van der Waals surface area contributed by atoms with Gasteiger partial charge in [0.05, 0.1) is 11.0 Å². The molecule has 9 heteroatoms. The fraction of sp³-hybridized carbons (Fsp3) is 0.781. The maximum absolute atomic E-state index is 15.6. The molecule has 0 spiro atoms. The number of hydrogen-bond acceptors (Lipinski definition) is 5. The molecule has 0 heterocycles. The van der Waals surface area contributed by atoms with Crippen LogP contribution in [-0.4, -0.2) is 42.7 Å². The summed E-state index contributed by atoms with van der Waals surface area (Å²) in [7, 11) is -3.91. The maximum Gasteiger partial charge on any atom is 0.277 e. The van der Waals surface area contributed by atoms with Crippen molar-refractivity contribution in [2.75, 3.05) is 0 Å². The zero-order chi connectivity index (χ0) is 30.0. The monoisotopic (exact) mass is 595 g/mol. The van der Waals surface area contributed by atoms with E-state index in [1.165, 1.54) is 12.1 Å². The topological polar surface area (TPSA) is 104 Å². The summed E-state index contributed by atoms with van der Waals surface area (Å²) in [5, 5.41) is 22.1. The maximum atomic E-state index is 15.6. The molecule has 1 amide bonds. The van der Waals surface area contributed by atoms with Crippen LogP contribution in [0.3, 0.4) is 0 Å². The van der Waals surface area contributed by atoms with Crippen LogP contribution in [-0.2, 0) is 14.8 Å². The van der Waals surface area contributed by atoms with Crippen molar-refractivity contribution in [3.8, 4) is 0 Å². The summed E-state index contributed by atoms with van der Waals surface area (Å²) in [6, 6.07) is 7.85. The minimum absolute atomic E-state index is 0.00947. The molecular weight excluding hydrogens is 548 g/mol. The predicted octanol–water partition coefficient (Wildman–Crippen LogP) is 5.78. The number of fused-ring (bicyclic) bond motifs is 5. The normalized spacial score (nSPS) is 42.4. The van der Waals surface area contributed by atoms with Crippen LogP contribution in [0.15, 0.2) is 35.2 Å². The van der Waals surface area contributed by atoms with E-state index in [1.54, 1.807) is 18.2 Å². The molecule has 0 saturated heterocycles. The second-order valence-electron chi connectivity index (χ2n) is 14.2. The second kappa shape index (κ2) is 10.8. The summed E-state index contributed by atoms with van der Waals surface area (Å²) < 4.78 is 58.5. The Hall–Kier alpha value is -1.58. The zero-order valence-corrected chi connectivity index (χ0v) is 25.5. The first-order valence-electron chi connectivity index (χ1n) is 15.5. The first kappa shape index (κ1) is 30.9. The Morgan fingerprint density at radius 1 is 1.02 bits per heavy atom. The summed E-state index contributed by atoms with van der Waals surface area (Å²) in [6.45, 7) is 8.32. The van der Waals surface area contributed by atoms with Crippen LogP contribution in [0.2, 0.25) is 0 Å². The number of amides is 1. The van der Waals surface area contributed by atoms with Gasteiger partial charge in [0.15, 0.2) is 0 Å². The highest BCUT2D eigenvalue weighted by atomic mass is 32.2. The molecule has 11 atom stereocenters. The van der Waals surface area contributed by atoms with Gasteiger partial charge in [-0.3, -0.25) is 4.79 Å². The molecular formula is C32H47F2NO5S. The van der Waals surface area contributed by atoms with Gasteiger partial charge < -0.3 is 10.2 Å². The Kier molecular flexibility index (Phi) is 8.17. The highest BCUT2D eigenvalue weighted by Gasteiger charge is 2.70. The minimum atomic E-state index is -3.91. The molecule has 5 rings (SSSR count). The van der Waals surface area contributed by atoms with Gasteiger partial charge in [-0.25, -0.2) is 21.9 Å². The third-order valence-electron chi connectivity index (χ3n) is 12.3. The van der Waals surface area contributed by atoms with Crippen molar-refractivity contribution in [3.05, 3.63) is 30.3 Å². The Morgan fingerprint density at radius 2 is 1.66 bits per heavy atom. The van der Waals surface area contributed by atoms with Gasteiger partial charge in [-0.15, -0.1) is 0 Å². The number of benzene rings is 1. The molecule has 4 aliphatic carbocycles. The molecule has 230 valence electrons. The van der Waals surface area contributed by atoms with Crippen molar-refractivity contribution in [3.63, 3.8) is 0 Å². The summed E-state index contributed by atoms with van der Waals surface area (Å²) in [4.78, 5) is 12.7. The molecule has 0 aliphatic heterocycles. The minimum Gasteiger partial charge on any atom is -0.393 e. The van der Waals surface area contributed by atoms with Gasteiger partial charge in [0.25, 0.3) is 15.9 Å². The number of carbonyl (C=O) groups excluding carboxylic acids is 1. The molecule has 1 aromatic carbocycles. The second-order valence-corrected chi connectivity index (χ2v) is 15.8. The lowest BCUT2D eigenvalue weighted by Gasteiger charge is -2.65. The number of nitrogens with one attached hydrogen (secondary N) is 1. The van der Waals surface area contributed by atoms with E-state index in [1.807, 2.05) is 13.8 Å². The van der Waals surface area contributed by atoms with Gasteiger partial charge in [0.2, 0.25) is 5.91 Å². The highest BCUT2D eigenvalue weighted by Crippen LogP contribution is 2.71. The largest absolute Gasteiger partial charge is 0.393 e.